The van der Waals surface area contributed by atoms with Crippen LogP contribution < -0.4 is 15.4 Å². The summed E-state index contributed by atoms with van der Waals surface area (Å²) in [6, 6.07) is 8.58. The average Bonchev–Trinajstić information content (AvgIpc) is 3.22. The standard InChI is InChI=1S/C23H36N4O2.HI/c1-3-22(28)27-15-14-19(17-27)26-23(24-4-2)25-16-18-10-12-21(13-11-18)29-20-8-6-5-7-9-20;/h10-13,19-20H,3-9,14-17H2,1-2H3,(H2,24,25,26);1H. The summed E-state index contributed by atoms with van der Waals surface area (Å²) in [6.07, 6.45) is 8.16. The Hall–Kier alpha value is -1.51. The first-order valence-electron chi connectivity index (χ1n) is 11.3. The van der Waals surface area contributed by atoms with Gasteiger partial charge in [-0.25, -0.2) is 4.99 Å². The number of nitrogens with zero attached hydrogens (tertiary/aromatic N) is 2. The molecule has 6 nitrogen and oxygen atoms in total. The number of amides is 1. The molecule has 168 valence electrons. The summed E-state index contributed by atoms with van der Waals surface area (Å²) in [5.41, 5.74) is 1.16. The summed E-state index contributed by atoms with van der Waals surface area (Å²) in [5.74, 6) is 2.00. The second kappa shape index (κ2) is 13.0. The zero-order valence-electron chi connectivity index (χ0n) is 18.4. The zero-order valence-corrected chi connectivity index (χ0v) is 20.7. The fraction of sp³-hybridized carbons (Fsp3) is 0.652. The number of benzene rings is 1. The van der Waals surface area contributed by atoms with E-state index >= 15 is 0 Å². The molecular formula is C23H37IN4O2. The van der Waals surface area contributed by atoms with Crippen molar-refractivity contribution in [2.45, 2.75) is 77.5 Å². The molecule has 3 rings (SSSR count). The van der Waals surface area contributed by atoms with Crippen LogP contribution in [0.1, 0.15) is 64.4 Å². The number of hydrogen-bond donors (Lipinski definition) is 2. The number of nitrogens with one attached hydrogen (secondary N) is 2. The molecule has 1 aromatic carbocycles. The summed E-state index contributed by atoms with van der Waals surface area (Å²) in [5, 5.41) is 6.80. The Morgan fingerprint density at radius 1 is 1.13 bits per heavy atom. The Kier molecular flexibility index (Phi) is 10.7. The van der Waals surface area contributed by atoms with Gasteiger partial charge >= 0.3 is 0 Å². The Labute approximate surface area is 198 Å². The predicted molar refractivity (Wildman–Crippen MR) is 133 cm³/mol. The third-order valence-electron chi connectivity index (χ3n) is 5.73. The maximum absolute atomic E-state index is 11.9. The molecule has 0 spiro atoms. The minimum absolute atomic E-state index is 0. The number of carbonyl (C=O) groups is 1. The van der Waals surface area contributed by atoms with Crippen LogP contribution in [0.25, 0.3) is 0 Å². The third kappa shape index (κ3) is 7.63. The Bertz CT molecular complexity index is 674. The molecule has 1 aliphatic heterocycles. The van der Waals surface area contributed by atoms with E-state index in [-0.39, 0.29) is 35.9 Å². The van der Waals surface area contributed by atoms with Crippen molar-refractivity contribution < 1.29 is 9.53 Å². The van der Waals surface area contributed by atoms with E-state index in [0.717, 1.165) is 43.3 Å². The van der Waals surface area contributed by atoms with Crippen molar-refractivity contribution in [3.63, 3.8) is 0 Å². The van der Waals surface area contributed by atoms with Crippen molar-refractivity contribution in [1.29, 1.82) is 0 Å². The normalized spacial score (nSPS) is 19.9. The molecular weight excluding hydrogens is 491 g/mol. The lowest BCUT2D eigenvalue weighted by Gasteiger charge is -2.23. The maximum atomic E-state index is 11.9. The fourth-order valence-electron chi connectivity index (χ4n) is 4.06. The molecule has 30 heavy (non-hydrogen) atoms. The highest BCUT2D eigenvalue weighted by Crippen LogP contribution is 2.23. The van der Waals surface area contributed by atoms with Crippen molar-refractivity contribution in [2.24, 2.45) is 4.99 Å². The highest BCUT2D eigenvalue weighted by Gasteiger charge is 2.25. The van der Waals surface area contributed by atoms with Crippen LogP contribution in [0.15, 0.2) is 29.3 Å². The predicted octanol–water partition coefficient (Wildman–Crippen LogP) is 4.08. The van der Waals surface area contributed by atoms with Gasteiger partial charge in [0, 0.05) is 32.1 Å². The van der Waals surface area contributed by atoms with Gasteiger partial charge in [0.25, 0.3) is 0 Å². The highest BCUT2D eigenvalue weighted by molar-refractivity contribution is 14.0. The zero-order chi connectivity index (χ0) is 20.5. The number of carbonyl (C=O) groups excluding carboxylic acids is 1. The van der Waals surface area contributed by atoms with E-state index in [1.54, 1.807) is 0 Å². The molecule has 2 aliphatic rings. The minimum atomic E-state index is 0. The number of guanidine groups is 1. The molecule has 0 aromatic heterocycles. The molecule has 1 unspecified atom stereocenters. The van der Waals surface area contributed by atoms with Crippen molar-refractivity contribution in [3.05, 3.63) is 29.8 Å². The van der Waals surface area contributed by atoms with Crippen molar-refractivity contribution in [3.8, 4) is 5.75 Å². The molecule has 1 aliphatic carbocycles. The molecule has 1 saturated carbocycles. The van der Waals surface area contributed by atoms with Crippen molar-refractivity contribution >= 4 is 35.8 Å². The Balaban J connectivity index is 0.00000320. The molecule has 1 aromatic rings. The summed E-state index contributed by atoms with van der Waals surface area (Å²) in [6.45, 7) is 6.99. The van der Waals surface area contributed by atoms with Gasteiger partial charge in [-0.1, -0.05) is 25.5 Å². The van der Waals surface area contributed by atoms with E-state index in [2.05, 4.69) is 41.8 Å². The van der Waals surface area contributed by atoms with E-state index in [0.29, 0.717) is 19.1 Å². The van der Waals surface area contributed by atoms with Gasteiger partial charge in [0.15, 0.2) is 5.96 Å². The van der Waals surface area contributed by atoms with Crippen LogP contribution in [-0.4, -0.2) is 48.5 Å². The van der Waals surface area contributed by atoms with Crippen LogP contribution in [-0.2, 0) is 11.3 Å². The SMILES string of the molecule is CCNC(=NCc1ccc(OC2CCCCC2)cc1)NC1CCN(C(=O)CC)C1.I. The Morgan fingerprint density at radius 2 is 1.87 bits per heavy atom. The topological polar surface area (TPSA) is 66.0 Å². The van der Waals surface area contributed by atoms with Crippen LogP contribution >= 0.6 is 24.0 Å². The summed E-state index contributed by atoms with van der Waals surface area (Å²) < 4.78 is 6.11. The van der Waals surface area contributed by atoms with Crippen LogP contribution in [0, 0.1) is 0 Å². The molecule has 0 radical (unpaired) electrons. The van der Waals surface area contributed by atoms with E-state index in [1.807, 2.05) is 11.8 Å². The first-order chi connectivity index (χ1) is 14.2. The van der Waals surface area contributed by atoms with Crippen LogP contribution in [0.3, 0.4) is 0 Å². The number of likely N-dealkylation sites (tertiary alicyclic amines) is 1. The lowest BCUT2D eigenvalue weighted by atomic mass is 9.98. The first-order valence-corrected chi connectivity index (χ1v) is 11.3. The number of rotatable bonds is 7. The number of ether oxygens (including phenoxy) is 1. The summed E-state index contributed by atoms with van der Waals surface area (Å²) in [7, 11) is 0. The van der Waals surface area contributed by atoms with Gasteiger partial charge in [-0.05, 0) is 56.7 Å². The highest BCUT2D eigenvalue weighted by atomic mass is 127. The van der Waals surface area contributed by atoms with Crippen molar-refractivity contribution in [1.82, 2.24) is 15.5 Å². The molecule has 2 fully saturated rings. The lowest BCUT2D eigenvalue weighted by molar-refractivity contribution is -0.129. The molecule has 1 heterocycles. The minimum Gasteiger partial charge on any atom is -0.490 e. The van der Waals surface area contributed by atoms with Gasteiger partial charge in [0.2, 0.25) is 5.91 Å². The Morgan fingerprint density at radius 3 is 2.53 bits per heavy atom. The van der Waals surface area contributed by atoms with Gasteiger partial charge in [0.05, 0.1) is 12.6 Å². The van der Waals surface area contributed by atoms with Crippen LogP contribution in [0.4, 0.5) is 0 Å². The van der Waals surface area contributed by atoms with E-state index in [1.165, 1.54) is 32.1 Å². The largest absolute Gasteiger partial charge is 0.490 e. The fourth-order valence-corrected chi connectivity index (χ4v) is 4.06. The van der Waals surface area contributed by atoms with Gasteiger partial charge in [-0.15, -0.1) is 24.0 Å². The maximum Gasteiger partial charge on any atom is 0.222 e. The van der Waals surface area contributed by atoms with E-state index in [9.17, 15) is 4.79 Å². The van der Waals surface area contributed by atoms with Gasteiger partial charge in [-0.2, -0.15) is 0 Å². The second-order valence-corrected chi connectivity index (χ2v) is 8.04. The monoisotopic (exact) mass is 528 g/mol. The van der Waals surface area contributed by atoms with Gasteiger partial charge in [0.1, 0.15) is 5.75 Å². The van der Waals surface area contributed by atoms with Crippen molar-refractivity contribution in [2.75, 3.05) is 19.6 Å². The molecule has 2 N–H and O–H groups in total. The van der Waals surface area contributed by atoms with Crippen LogP contribution in [0.2, 0.25) is 0 Å². The quantitative estimate of drug-likeness (QED) is 0.318. The summed E-state index contributed by atoms with van der Waals surface area (Å²) >= 11 is 0. The van der Waals surface area contributed by atoms with Crippen LogP contribution in [0.5, 0.6) is 5.75 Å². The first kappa shape index (κ1) is 24.8. The van der Waals surface area contributed by atoms with E-state index < -0.39 is 0 Å². The number of halogens is 1. The third-order valence-corrected chi connectivity index (χ3v) is 5.73. The molecule has 1 saturated heterocycles. The smallest absolute Gasteiger partial charge is 0.222 e. The number of aliphatic imine (C=N–C) groups is 1. The van der Waals surface area contributed by atoms with Gasteiger partial charge < -0.3 is 20.3 Å². The van der Waals surface area contributed by atoms with Gasteiger partial charge in [-0.3, -0.25) is 4.79 Å². The lowest BCUT2D eigenvalue weighted by Crippen LogP contribution is -2.45. The second-order valence-electron chi connectivity index (χ2n) is 8.04. The molecule has 1 atom stereocenters. The molecule has 7 heteroatoms. The molecule has 1 amide bonds. The summed E-state index contributed by atoms with van der Waals surface area (Å²) in [4.78, 5) is 18.5. The average molecular weight is 528 g/mol. The molecule has 0 bridgehead atoms. The van der Waals surface area contributed by atoms with E-state index in [4.69, 9.17) is 9.73 Å². The number of hydrogen-bond acceptors (Lipinski definition) is 3.